The van der Waals surface area contributed by atoms with Gasteiger partial charge in [-0.15, -0.1) is 11.8 Å². The van der Waals surface area contributed by atoms with Crippen LogP contribution in [0.2, 0.25) is 0 Å². The molecule has 2 aromatic rings. The summed E-state index contributed by atoms with van der Waals surface area (Å²) in [6.07, 6.45) is 3.52. The molecular formula is C18H26N2S. The van der Waals surface area contributed by atoms with E-state index >= 15 is 0 Å². The molecule has 1 aliphatic rings. The van der Waals surface area contributed by atoms with Gasteiger partial charge < -0.3 is 9.88 Å². The van der Waals surface area contributed by atoms with Crippen molar-refractivity contribution in [2.75, 3.05) is 26.4 Å². The van der Waals surface area contributed by atoms with Gasteiger partial charge in [0, 0.05) is 16.6 Å². The molecule has 2 nitrogen and oxygen atoms in total. The number of aryl methyl sites for hydroxylation is 2. The average Bonchev–Trinajstić information content (AvgIpc) is 2.86. The smallest absolute Gasteiger partial charge is 0.0545 e. The summed E-state index contributed by atoms with van der Waals surface area (Å²) in [6.45, 7) is 5.82. The summed E-state index contributed by atoms with van der Waals surface area (Å²) in [5.41, 5.74) is 5.89. The predicted molar refractivity (Wildman–Crippen MR) is 94.4 cm³/mol. The molecule has 2 heterocycles. The van der Waals surface area contributed by atoms with E-state index in [1.807, 2.05) is 0 Å². The first-order valence-corrected chi connectivity index (χ1v) is 8.95. The Morgan fingerprint density at radius 1 is 1.33 bits per heavy atom. The summed E-state index contributed by atoms with van der Waals surface area (Å²) in [5, 5.41) is 1.51. The van der Waals surface area contributed by atoms with Crippen molar-refractivity contribution in [3.8, 4) is 0 Å². The van der Waals surface area contributed by atoms with E-state index in [1.54, 1.807) is 5.56 Å². The molecule has 0 saturated carbocycles. The van der Waals surface area contributed by atoms with Crippen molar-refractivity contribution in [1.29, 1.82) is 0 Å². The lowest BCUT2D eigenvalue weighted by atomic mass is 9.93. The van der Waals surface area contributed by atoms with Crippen molar-refractivity contribution in [2.45, 2.75) is 37.9 Å². The normalized spacial score (nSPS) is 22.0. The van der Waals surface area contributed by atoms with Crippen LogP contribution in [0.5, 0.6) is 0 Å². The third kappa shape index (κ3) is 2.62. The molecule has 1 atom stereocenters. The predicted octanol–water partition coefficient (Wildman–Crippen LogP) is 4.19. The van der Waals surface area contributed by atoms with Crippen LogP contribution in [-0.4, -0.2) is 36.3 Å². The maximum Gasteiger partial charge on any atom is 0.0545 e. The summed E-state index contributed by atoms with van der Waals surface area (Å²) >= 11 is 2.12. The first-order valence-electron chi connectivity index (χ1n) is 7.97. The van der Waals surface area contributed by atoms with Crippen LogP contribution in [0.3, 0.4) is 0 Å². The van der Waals surface area contributed by atoms with E-state index in [-0.39, 0.29) is 4.75 Å². The van der Waals surface area contributed by atoms with Crippen LogP contribution in [0.15, 0.2) is 18.2 Å². The molecule has 21 heavy (non-hydrogen) atoms. The van der Waals surface area contributed by atoms with Gasteiger partial charge in [-0.2, -0.15) is 0 Å². The lowest BCUT2D eigenvalue weighted by Gasteiger charge is -2.34. The van der Waals surface area contributed by atoms with Crippen LogP contribution in [-0.2, 0) is 17.6 Å². The Balaban J connectivity index is 2.10. The first-order chi connectivity index (χ1) is 10.0. The summed E-state index contributed by atoms with van der Waals surface area (Å²) < 4.78 is 0.224. The summed E-state index contributed by atoms with van der Waals surface area (Å²) in [7, 11) is 4.33. The highest BCUT2D eigenvalue weighted by molar-refractivity contribution is 8.00. The van der Waals surface area contributed by atoms with Gasteiger partial charge in [-0.3, -0.25) is 0 Å². The molecule has 1 unspecified atom stereocenters. The van der Waals surface area contributed by atoms with Gasteiger partial charge >= 0.3 is 0 Å². The lowest BCUT2D eigenvalue weighted by Crippen LogP contribution is -2.29. The minimum Gasteiger partial charge on any atom is -0.357 e. The number of rotatable bonds is 4. The highest BCUT2D eigenvalue weighted by atomic mass is 32.2. The number of aromatic nitrogens is 1. The maximum atomic E-state index is 3.77. The zero-order valence-electron chi connectivity index (χ0n) is 13.6. The molecule has 0 spiro atoms. The highest BCUT2D eigenvalue weighted by Gasteiger charge is 2.35. The maximum absolute atomic E-state index is 3.77. The van der Waals surface area contributed by atoms with Crippen molar-refractivity contribution in [3.05, 3.63) is 35.0 Å². The zero-order valence-corrected chi connectivity index (χ0v) is 14.4. The molecular weight excluding hydrogens is 276 g/mol. The van der Waals surface area contributed by atoms with E-state index in [4.69, 9.17) is 0 Å². The molecule has 114 valence electrons. The Kier molecular flexibility index (Phi) is 4.06. The molecule has 0 amide bonds. The zero-order chi connectivity index (χ0) is 15.0. The van der Waals surface area contributed by atoms with Gasteiger partial charge in [-0.05, 0) is 69.8 Å². The summed E-state index contributed by atoms with van der Waals surface area (Å²) in [6, 6.07) is 6.71. The van der Waals surface area contributed by atoms with Crippen molar-refractivity contribution < 1.29 is 0 Å². The number of benzene rings is 1. The van der Waals surface area contributed by atoms with Gasteiger partial charge in [0.2, 0.25) is 0 Å². The van der Waals surface area contributed by atoms with Crippen LogP contribution in [0.25, 0.3) is 10.9 Å². The topological polar surface area (TPSA) is 19.0 Å². The Hall–Kier alpha value is -0.930. The standard InChI is InChI=1S/C18H26N2S/c1-5-13-7-6-8-15-16(13)14-9-12-21-18(2,17(14)19-15)10-11-20(3)4/h6-8,19H,5,9-12H2,1-4H3. The van der Waals surface area contributed by atoms with Crippen LogP contribution >= 0.6 is 11.8 Å². The van der Waals surface area contributed by atoms with E-state index < -0.39 is 0 Å². The largest absolute Gasteiger partial charge is 0.357 e. The van der Waals surface area contributed by atoms with Crippen molar-refractivity contribution in [1.82, 2.24) is 9.88 Å². The lowest BCUT2D eigenvalue weighted by molar-refractivity contribution is 0.373. The fourth-order valence-corrected chi connectivity index (χ4v) is 4.79. The fourth-order valence-electron chi connectivity index (χ4n) is 3.48. The van der Waals surface area contributed by atoms with E-state index in [0.717, 1.165) is 13.0 Å². The Morgan fingerprint density at radius 2 is 2.14 bits per heavy atom. The molecule has 3 heteroatoms. The van der Waals surface area contributed by atoms with Crippen molar-refractivity contribution >= 4 is 22.7 Å². The van der Waals surface area contributed by atoms with Crippen LogP contribution in [0, 0.1) is 0 Å². The van der Waals surface area contributed by atoms with Crippen LogP contribution in [0.4, 0.5) is 0 Å². The number of fused-ring (bicyclic) bond motifs is 3. The number of thioether (sulfide) groups is 1. The Bertz CT molecular complexity index is 644. The molecule has 0 saturated heterocycles. The van der Waals surface area contributed by atoms with Gasteiger partial charge in [-0.1, -0.05) is 19.1 Å². The number of H-pyrrole nitrogens is 1. The second kappa shape index (κ2) is 5.69. The number of hydrogen-bond donors (Lipinski definition) is 1. The van der Waals surface area contributed by atoms with E-state index in [9.17, 15) is 0 Å². The number of nitrogens with one attached hydrogen (secondary N) is 1. The Morgan fingerprint density at radius 3 is 2.86 bits per heavy atom. The molecule has 0 fully saturated rings. The fraction of sp³-hybridized carbons (Fsp3) is 0.556. The van der Waals surface area contributed by atoms with E-state index in [0.29, 0.717) is 0 Å². The highest BCUT2D eigenvalue weighted by Crippen LogP contribution is 2.47. The van der Waals surface area contributed by atoms with Crippen molar-refractivity contribution in [2.24, 2.45) is 0 Å². The number of hydrogen-bond acceptors (Lipinski definition) is 2. The molecule has 1 N–H and O–H groups in total. The van der Waals surface area contributed by atoms with Crippen molar-refractivity contribution in [3.63, 3.8) is 0 Å². The minimum atomic E-state index is 0.224. The molecule has 0 aliphatic carbocycles. The Labute approximate surface area is 132 Å². The number of nitrogens with zero attached hydrogens (tertiary/aromatic N) is 1. The minimum absolute atomic E-state index is 0.224. The third-order valence-corrected chi connectivity index (χ3v) is 6.19. The average molecular weight is 302 g/mol. The summed E-state index contributed by atoms with van der Waals surface area (Å²) in [5.74, 6) is 1.24. The molecule has 0 radical (unpaired) electrons. The quantitative estimate of drug-likeness (QED) is 0.913. The van der Waals surface area contributed by atoms with Crippen LogP contribution in [0.1, 0.15) is 37.1 Å². The molecule has 1 aliphatic heterocycles. The third-order valence-electron chi connectivity index (χ3n) is 4.73. The van der Waals surface area contributed by atoms with Gasteiger partial charge in [0.05, 0.1) is 4.75 Å². The molecule has 1 aromatic heterocycles. The second-order valence-corrected chi connectivity index (χ2v) is 8.15. The van der Waals surface area contributed by atoms with Gasteiger partial charge in [-0.25, -0.2) is 0 Å². The first kappa shape index (κ1) is 15.0. The summed E-state index contributed by atoms with van der Waals surface area (Å²) in [4.78, 5) is 6.06. The van der Waals surface area contributed by atoms with Gasteiger partial charge in [0.15, 0.2) is 0 Å². The number of aromatic amines is 1. The monoisotopic (exact) mass is 302 g/mol. The molecule has 1 aromatic carbocycles. The second-order valence-electron chi connectivity index (χ2n) is 6.55. The van der Waals surface area contributed by atoms with E-state index in [2.05, 4.69) is 67.8 Å². The van der Waals surface area contributed by atoms with Gasteiger partial charge in [0.25, 0.3) is 0 Å². The van der Waals surface area contributed by atoms with E-state index in [1.165, 1.54) is 40.8 Å². The van der Waals surface area contributed by atoms with Gasteiger partial charge in [0.1, 0.15) is 0 Å². The van der Waals surface area contributed by atoms with Crippen LogP contribution < -0.4 is 0 Å². The molecule has 0 bridgehead atoms. The SMILES string of the molecule is CCc1cccc2[nH]c3c(c12)CCSC3(C)CCN(C)C. The molecule has 3 rings (SSSR count).